The quantitative estimate of drug-likeness (QED) is 0.899. The first-order chi connectivity index (χ1) is 10.2. The Labute approximate surface area is 128 Å². The molecule has 0 spiro atoms. The lowest BCUT2D eigenvalue weighted by atomic mass is 9.72. The van der Waals surface area contributed by atoms with Crippen LogP contribution in [-0.4, -0.2) is 20.5 Å². The van der Waals surface area contributed by atoms with Crippen molar-refractivity contribution >= 4 is 0 Å². The smallest absolute Gasteiger partial charge is 0.0731 e. The molecule has 0 amide bonds. The third-order valence-corrected chi connectivity index (χ3v) is 5.76. The van der Waals surface area contributed by atoms with Crippen molar-refractivity contribution in [1.29, 1.82) is 0 Å². The van der Waals surface area contributed by atoms with Crippen LogP contribution in [0.1, 0.15) is 82.9 Å². The van der Waals surface area contributed by atoms with Gasteiger partial charge in [-0.1, -0.05) is 45.4 Å². The van der Waals surface area contributed by atoms with Crippen molar-refractivity contribution in [2.24, 2.45) is 5.92 Å². The lowest BCUT2D eigenvalue weighted by molar-refractivity contribution is -0.0499. The Hall–Kier alpha value is -0.830. The van der Waals surface area contributed by atoms with Gasteiger partial charge in [0.1, 0.15) is 0 Å². The molecule has 3 nitrogen and oxygen atoms in total. The molecule has 118 valence electrons. The first-order valence-corrected chi connectivity index (χ1v) is 8.98. The van der Waals surface area contributed by atoms with E-state index in [1.807, 2.05) is 0 Å². The summed E-state index contributed by atoms with van der Waals surface area (Å²) in [6, 6.07) is 2.73. The summed E-state index contributed by atoms with van der Waals surface area (Å²) in [7, 11) is 0. The van der Waals surface area contributed by atoms with E-state index in [4.69, 9.17) is 5.10 Å². The zero-order valence-electron chi connectivity index (χ0n) is 13.4. The fraction of sp³-hybridized carbons (Fsp3) is 0.833. The Morgan fingerprint density at radius 2 is 1.95 bits per heavy atom. The predicted octanol–water partition coefficient (Wildman–Crippen LogP) is 4.26. The van der Waals surface area contributed by atoms with Crippen LogP contribution < -0.4 is 0 Å². The summed E-state index contributed by atoms with van der Waals surface area (Å²) in [5, 5.41) is 15.9. The van der Waals surface area contributed by atoms with Crippen LogP contribution in [0, 0.1) is 5.92 Å². The van der Waals surface area contributed by atoms with Crippen LogP contribution in [0.5, 0.6) is 0 Å². The second kappa shape index (κ2) is 6.51. The first kappa shape index (κ1) is 15.1. The van der Waals surface area contributed by atoms with Crippen LogP contribution >= 0.6 is 0 Å². The minimum Gasteiger partial charge on any atom is -0.389 e. The van der Waals surface area contributed by atoms with Gasteiger partial charge in [-0.15, -0.1) is 0 Å². The molecule has 3 heteroatoms. The van der Waals surface area contributed by atoms with Gasteiger partial charge in [0.05, 0.1) is 17.3 Å². The number of aromatic nitrogens is 2. The largest absolute Gasteiger partial charge is 0.389 e. The topological polar surface area (TPSA) is 38.0 Å². The van der Waals surface area contributed by atoms with Gasteiger partial charge in [0.25, 0.3) is 0 Å². The van der Waals surface area contributed by atoms with Gasteiger partial charge in [0.15, 0.2) is 0 Å². The summed E-state index contributed by atoms with van der Waals surface area (Å²) in [4.78, 5) is 0. The summed E-state index contributed by atoms with van der Waals surface area (Å²) < 4.78 is 2.17. The van der Waals surface area contributed by atoms with Gasteiger partial charge >= 0.3 is 0 Å². The van der Waals surface area contributed by atoms with E-state index in [0.29, 0.717) is 12.0 Å². The van der Waals surface area contributed by atoms with Crippen molar-refractivity contribution in [3.63, 3.8) is 0 Å². The molecule has 0 bridgehead atoms. The van der Waals surface area contributed by atoms with Gasteiger partial charge < -0.3 is 5.11 Å². The highest BCUT2D eigenvalue weighted by molar-refractivity contribution is 5.07. The monoisotopic (exact) mass is 290 g/mol. The molecule has 0 radical (unpaired) electrons. The minimum absolute atomic E-state index is 0.450. The maximum absolute atomic E-state index is 11.1. The Kier molecular flexibility index (Phi) is 4.68. The van der Waals surface area contributed by atoms with Gasteiger partial charge in [0, 0.05) is 12.6 Å². The van der Waals surface area contributed by atoms with Crippen molar-refractivity contribution in [1.82, 2.24) is 9.78 Å². The molecular formula is C18H30N2O. The van der Waals surface area contributed by atoms with Gasteiger partial charge in [-0.2, -0.15) is 5.10 Å². The normalized spacial score (nSPS) is 31.4. The molecule has 1 aromatic rings. The van der Waals surface area contributed by atoms with Crippen LogP contribution in [0.15, 0.2) is 12.3 Å². The molecule has 3 rings (SSSR count). The van der Waals surface area contributed by atoms with Crippen molar-refractivity contribution < 1.29 is 5.11 Å². The van der Waals surface area contributed by atoms with Crippen LogP contribution in [0.2, 0.25) is 0 Å². The SMILES string of the molecule is CCC1CCCCC1(O)Cc1ccn(C2CCCCC2)n1. The van der Waals surface area contributed by atoms with Gasteiger partial charge in [-0.25, -0.2) is 0 Å². The van der Waals surface area contributed by atoms with Crippen molar-refractivity contribution in [2.45, 2.75) is 89.2 Å². The van der Waals surface area contributed by atoms with Crippen molar-refractivity contribution in [3.05, 3.63) is 18.0 Å². The number of rotatable bonds is 4. The van der Waals surface area contributed by atoms with Crippen LogP contribution in [-0.2, 0) is 6.42 Å². The van der Waals surface area contributed by atoms with Gasteiger partial charge in [-0.3, -0.25) is 4.68 Å². The van der Waals surface area contributed by atoms with Crippen LogP contribution in [0.3, 0.4) is 0 Å². The van der Waals surface area contributed by atoms with Gasteiger partial charge in [0.2, 0.25) is 0 Å². The fourth-order valence-electron chi connectivity index (χ4n) is 4.45. The molecule has 0 aliphatic heterocycles. The maximum Gasteiger partial charge on any atom is 0.0731 e. The molecule has 2 aliphatic rings. The van der Waals surface area contributed by atoms with E-state index < -0.39 is 5.60 Å². The summed E-state index contributed by atoms with van der Waals surface area (Å²) in [5.41, 5.74) is 0.571. The molecule has 0 aromatic carbocycles. The standard InChI is InChI=1S/C18H30N2O/c1-2-15-8-6-7-12-18(15,21)14-16-11-13-20(19-16)17-9-4-3-5-10-17/h11,13,15,17,21H,2-10,12,14H2,1H3. The second-order valence-corrected chi connectivity index (χ2v) is 7.21. The second-order valence-electron chi connectivity index (χ2n) is 7.21. The van der Waals surface area contributed by atoms with Crippen molar-refractivity contribution in [3.8, 4) is 0 Å². The summed E-state index contributed by atoms with van der Waals surface area (Å²) in [6.45, 7) is 2.21. The zero-order valence-corrected chi connectivity index (χ0v) is 13.4. The molecule has 2 fully saturated rings. The molecule has 1 heterocycles. The molecule has 2 atom stereocenters. The highest BCUT2D eigenvalue weighted by Gasteiger charge is 2.38. The van der Waals surface area contributed by atoms with Crippen LogP contribution in [0.4, 0.5) is 0 Å². The first-order valence-electron chi connectivity index (χ1n) is 8.98. The van der Waals surface area contributed by atoms with E-state index in [-0.39, 0.29) is 0 Å². The lowest BCUT2D eigenvalue weighted by Gasteiger charge is -2.39. The molecule has 1 N–H and O–H groups in total. The van der Waals surface area contributed by atoms with Gasteiger partial charge in [-0.05, 0) is 37.7 Å². The predicted molar refractivity (Wildman–Crippen MR) is 85.3 cm³/mol. The fourth-order valence-corrected chi connectivity index (χ4v) is 4.45. The highest BCUT2D eigenvalue weighted by atomic mass is 16.3. The van der Waals surface area contributed by atoms with Crippen LogP contribution in [0.25, 0.3) is 0 Å². The van der Waals surface area contributed by atoms with E-state index >= 15 is 0 Å². The third kappa shape index (κ3) is 3.33. The molecule has 2 aliphatic carbocycles. The third-order valence-electron chi connectivity index (χ3n) is 5.76. The highest BCUT2D eigenvalue weighted by Crippen LogP contribution is 2.38. The maximum atomic E-state index is 11.1. The molecule has 2 saturated carbocycles. The minimum atomic E-state index is -0.515. The molecule has 1 aromatic heterocycles. The Morgan fingerprint density at radius 1 is 1.19 bits per heavy atom. The average molecular weight is 290 g/mol. The Balaban J connectivity index is 1.68. The summed E-state index contributed by atoms with van der Waals surface area (Å²) >= 11 is 0. The zero-order chi connectivity index (χ0) is 14.7. The van der Waals surface area contributed by atoms with E-state index in [1.54, 1.807) is 0 Å². The van der Waals surface area contributed by atoms with E-state index in [1.165, 1.54) is 44.9 Å². The average Bonchev–Trinajstić information content (AvgIpc) is 2.96. The Morgan fingerprint density at radius 3 is 2.71 bits per heavy atom. The molecular weight excluding hydrogens is 260 g/mol. The number of aliphatic hydroxyl groups is 1. The molecule has 0 saturated heterocycles. The molecule has 21 heavy (non-hydrogen) atoms. The number of nitrogens with zero attached hydrogens (tertiary/aromatic N) is 2. The number of hydrogen-bond donors (Lipinski definition) is 1. The van der Waals surface area contributed by atoms with E-state index in [9.17, 15) is 5.11 Å². The number of hydrogen-bond acceptors (Lipinski definition) is 2. The van der Waals surface area contributed by atoms with E-state index in [0.717, 1.165) is 31.4 Å². The lowest BCUT2D eigenvalue weighted by Crippen LogP contribution is -2.42. The Bertz CT molecular complexity index is 450. The molecule has 2 unspecified atom stereocenters. The van der Waals surface area contributed by atoms with E-state index in [2.05, 4.69) is 23.9 Å². The van der Waals surface area contributed by atoms with Crippen molar-refractivity contribution in [2.75, 3.05) is 0 Å². The summed E-state index contributed by atoms with van der Waals surface area (Å²) in [5.74, 6) is 0.450. The summed E-state index contributed by atoms with van der Waals surface area (Å²) in [6.07, 6.45) is 15.1.